The van der Waals surface area contributed by atoms with Gasteiger partial charge in [-0.25, -0.2) is 4.99 Å². The summed E-state index contributed by atoms with van der Waals surface area (Å²) < 4.78 is 0. The summed E-state index contributed by atoms with van der Waals surface area (Å²) in [6.07, 6.45) is 16.4. The SMILES string of the molecule is O=C(CC1CCCC1)N1CC=C2C(NC(=O)C34CC5CC(CC(C5)C3)C4)=NC=NC2C1. The van der Waals surface area contributed by atoms with Gasteiger partial charge in [-0.2, -0.15) is 0 Å². The Bertz CT molecular complexity index is 831. The van der Waals surface area contributed by atoms with E-state index < -0.39 is 0 Å². The third-order valence-corrected chi connectivity index (χ3v) is 9.03. The maximum atomic E-state index is 13.5. The Labute approximate surface area is 184 Å². The first-order chi connectivity index (χ1) is 15.1. The molecule has 31 heavy (non-hydrogen) atoms. The number of nitrogens with zero attached hydrogens (tertiary/aromatic N) is 3. The summed E-state index contributed by atoms with van der Waals surface area (Å²) in [5, 5.41) is 3.23. The highest BCUT2D eigenvalue weighted by atomic mass is 16.2. The van der Waals surface area contributed by atoms with E-state index in [-0.39, 0.29) is 23.3 Å². The molecule has 2 aliphatic heterocycles. The number of fused-ring (bicyclic) bond motifs is 1. The van der Waals surface area contributed by atoms with E-state index in [9.17, 15) is 9.59 Å². The van der Waals surface area contributed by atoms with E-state index in [0.29, 0.717) is 31.3 Å². The van der Waals surface area contributed by atoms with Gasteiger partial charge < -0.3 is 10.2 Å². The number of hydrogen-bond acceptors (Lipinski definition) is 4. The van der Waals surface area contributed by atoms with Crippen LogP contribution in [-0.4, -0.2) is 48.0 Å². The van der Waals surface area contributed by atoms with Crippen LogP contribution in [-0.2, 0) is 9.59 Å². The van der Waals surface area contributed by atoms with Crippen molar-refractivity contribution in [2.24, 2.45) is 39.1 Å². The smallest absolute Gasteiger partial charge is 0.231 e. The average molecular weight is 423 g/mol. The van der Waals surface area contributed by atoms with Crippen LogP contribution < -0.4 is 5.32 Å². The van der Waals surface area contributed by atoms with Crippen molar-refractivity contribution in [3.63, 3.8) is 0 Å². The molecule has 4 bridgehead atoms. The molecule has 1 N–H and O–H groups in total. The molecule has 1 unspecified atom stereocenters. The number of amides is 2. The Morgan fingerprint density at radius 3 is 2.42 bits per heavy atom. The third kappa shape index (κ3) is 3.56. The minimum atomic E-state index is -0.181. The first-order valence-corrected chi connectivity index (χ1v) is 12.5. The van der Waals surface area contributed by atoms with Crippen LogP contribution in [0, 0.1) is 29.1 Å². The van der Waals surface area contributed by atoms with Crippen molar-refractivity contribution in [1.82, 2.24) is 10.2 Å². The van der Waals surface area contributed by atoms with Crippen molar-refractivity contribution in [3.05, 3.63) is 11.6 Å². The topological polar surface area (TPSA) is 74.1 Å². The fourth-order valence-corrected chi connectivity index (χ4v) is 7.88. The van der Waals surface area contributed by atoms with Gasteiger partial charge >= 0.3 is 0 Å². The van der Waals surface area contributed by atoms with Crippen LogP contribution in [0.1, 0.15) is 70.6 Å². The zero-order valence-corrected chi connectivity index (χ0v) is 18.4. The van der Waals surface area contributed by atoms with Gasteiger partial charge in [0.2, 0.25) is 11.8 Å². The molecule has 0 aromatic heterocycles. The van der Waals surface area contributed by atoms with Crippen LogP contribution in [0.4, 0.5) is 0 Å². The molecular weight excluding hydrogens is 388 g/mol. The Morgan fingerprint density at radius 1 is 1.06 bits per heavy atom. The highest BCUT2D eigenvalue weighted by Crippen LogP contribution is 2.60. The fraction of sp³-hybridized carbons (Fsp3) is 0.760. The molecule has 0 aromatic rings. The van der Waals surface area contributed by atoms with E-state index in [0.717, 1.165) is 42.6 Å². The summed E-state index contributed by atoms with van der Waals surface area (Å²) >= 11 is 0. The van der Waals surface area contributed by atoms with Crippen molar-refractivity contribution >= 4 is 24.0 Å². The molecular formula is C25H34N4O2. The number of nitrogens with one attached hydrogen (secondary N) is 1. The molecule has 0 aromatic carbocycles. The summed E-state index contributed by atoms with van der Waals surface area (Å²) in [6, 6.07) is -0.106. The Kier molecular flexibility index (Phi) is 4.80. The molecule has 6 nitrogen and oxygen atoms in total. The van der Waals surface area contributed by atoms with Crippen molar-refractivity contribution in [3.8, 4) is 0 Å². The molecule has 2 heterocycles. The lowest BCUT2D eigenvalue weighted by Crippen LogP contribution is -2.55. The van der Waals surface area contributed by atoms with Gasteiger partial charge in [0.15, 0.2) is 0 Å². The fourth-order valence-electron chi connectivity index (χ4n) is 7.88. The van der Waals surface area contributed by atoms with E-state index in [1.807, 2.05) is 4.90 Å². The molecule has 6 heteroatoms. The lowest BCUT2D eigenvalue weighted by Gasteiger charge is -2.55. The molecule has 1 atom stereocenters. The van der Waals surface area contributed by atoms with Gasteiger partial charge in [-0.15, -0.1) is 0 Å². The van der Waals surface area contributed by atoms with Gasteiger partial charge in [-0.1, -0.05) is 18.9 Å². The normalized spacial score (nSPS) is 38.6. The van der Waals surface area contributed by atoms with E-state index in [2.05, 4.69) is 21.4 Å². The monoisotopic (exact) mass is 422 g/mol. The molecule has 2 amide bonds. The second kappa shape index (κ2) is 7.56. The zero-order chi connectivity index (χ0) is 21.0. The van der Waals surface area contributed by atoms with Crippen molar-refractivity contribution in [2.45, 2.75) is 76.7 Å². The van der Waals surface area contributed by atoms with Gasteiger partial charge in [0.1, 0.15) is 12.2 Å². The number of carbonyl (C=O) groups is 2. The Hall–Kier alpha value is -1.98. The molecule has 0 radical (unpaired) electrons. The van der Waals surface area contributed by atoms with Gasteiger partial charge in [0.05, 0.1) is 11.5 Å². The maximum absolute atomic E-state index is 13.5. The zero-order valence-electron chi connectivity index (χ0n) is 18.4. The van der Waals surface area contributed by atoms with Gasteiger partial charge in [0.25, 0.3) is 0 Å². The van der Waals surface area contributed by atoms with E-state index >= 15 is 0 Å². The van der Waals surface area contributed by atoms with Crippen molar-refractivity contribution < 1.29 is 9.59 Å². The number of hydrogen-bond donors (Lipinski definition) is 1. The quantitative estimate of drug-likeness (QED) is 0.756. The molecule has 7 aliphatic rings. The van der Waals surface area contributed by atoms with Crippen LogP contribution in [0.15, 0.2) is 21.6 Å². The van der Waals surface area contributed by atoms with Crippen LogP contribution in [0.2, 0.25) is 0 Å². The largest absolute Gasteiger partial charge is 0.336 e. The summed E-state index contributed by atoms with van der Waals surface area (Å²) in [6.45, 7) is 1.19. The van der Waals surface area contributed by atoms with Crippen LogP contribution in [0.3, 0.4) is 0 Å². The second-order valence-electron chi connectivity index (χ2n) is 11.2. The molecule has 5 saturated carbocycles. The molecule has 5 aliphatic carbocycles. The number of amidine groups is 1. The third-order valence-electron chi connectivity index (χ3n) is 9.03. The van der Waals surface area contributed by atoms with Crippen LogP contribution in [0.25, 0.3) is 0 Å². The molecule has 7 rings (SSSR count). The standard InChI is InChI=1S/C25H34N4O2/c30-22(10-16-3-1-2-4-16)29-6-5-20-21(14-29)26-15-27-23(20)28-24(31)25-11-17-7-18(12-25)9-19(8-17)13-25/h5,15-19,21H,1-4,6-14H2,(H,26,27,28,31). The van der Waals surface area contributed by atoms with Crippen molar-refractivity contribution in [1.29, 1.82) is 0 Å². The van der Waals surface area contributed by atoms with Gasteiger partial charge in [0, 0.05) is 25.1 Å². The molecule has 0 saturated heterocycles. The number of carbonyl (C=O) groups excluding carboxylic acids is 2. The first kappa shape index (κ1) is 19.7. The minimum Gasteiger partial charge on any atom is -0.336 e. The van der Waals surface area contributed by atoms with Gasteiger partial charge in [-0.3, -0.25) is 14.6 Å². The van der Waals surface area contributed by atoms with Crippen LogP contribution >= 0.6 is 0 Å². The van der Waals surface area contributed by atoms with E-state index in [1.54, 1.807) is 6.34 Å². The average Bonchev–Trinajstić information content (AvgIpc) is 3.25. The highest BCUT2D eigenvalue weighted by Gasteiger charge is 2.54. The number of rotatable bonds is 3. The van der Waals surface area contributed by atoms with E-state index in [1.165, 1.54) is 44.9 Å². The summed E-state index contributed by atoms with van der Waals surface area (Å²) in [4.78, 5) is 37.2. The highest BCUT2D eigenvalue weighted by molar-refractivity contribution is 6.13. The summed E-state index contributed by atoms with van der Waals surface area (Å²) in [5.74, 6) is 3.89. The summed E-state index contributed by atoms with van der Waals surface area (Å²) in [7, 11) is 0. The lowest BCUT2D eigenvalue weighted by atomic mass is 9.49. The van der Waals surface area contributed by atoms with Gasteiger partial charge in [-0.05, 0) is 75.0 Å². The molecule has 5 fully saturated rings. The first-order valence-electron chi connectivity index (χ1n) is 12.5. The van der Waals surface area contributed by atoms with Crippen molar-refractivity contribution in [2.75, 3.05) is 13.1 Å². The Morgan fingerprint density at radius 2 is 1.74 bits per heavy atom. The molecule has 166 valence electrons. The number of aliphatic imine (C=N–C) groups is 2. The predicted molar refractivity (Wildman–Crippen MR) is 120 cm³/mol. The predicted octanol–water partition coefficient (Wildman–Crippen LogP) is 3.48. The molecule has 0 spiro atoms. The lowest BCUT2D eigenvalue weighted by molar-refractivity contribution is -0.144. The Balaban J connectivity index is 1.13. The minimum absolute atomic E-state index is 0.106. The van der Waals surface area contributed by atoms with Crippen LogP contribution in [0.5, 0.6) is 0 Å². The maximum Gasteiger partial charge on any atom is 0.231 e. The van der Waals surface area contributed by atoms with E-state index in [4.69, 9.17) is 0 Å². The summed E-state index contributed by atoms with van der Waals surface area (Å²) in [5.41, 5.74) is 0.811. The second-order valence-corrected chi connectivity index (χ2v) is 11.2.